The van der Waals surface area contributed by atoms with Gasteiger partial charge in [-0.25, -0.2) is 0 Å². The number of anilines is 1. The second kappa shape index (κ2) is 11.1. The normalized spacial score (nSPS) is 25.3. The van der Waals surface area contributed by atoms with Gasteiger partial charge in [-0.3, -0.25) is 19.2 Å². The Morgan fingerprint density at radius 1 is 0.935 bits per heavy atom. The minimum Gasteiger partial charge on any atom is -0.463 e. The lowest BCUT2D eigenvalue weighted by Gasteiger charge is -2.43. The first-order valence-electron chi connectivity index (χ1n) is 9.74. The van der Waals surface area contributed by atoms with Crippen molar-refractivity contribution in [3.63, 3.8) is 0 Å². The van der Waals surface area contributed by atoms with E-state index in [1.54, 1.807) is 31.2 Å². The van der Waals surface area contributed by atoms with Gasteiger partial charge in [0.25, 0.3) is 0 Å². The third kappa shape index (κ3) is 7.55. The second-order valence-electron chi connectivity index (χ2n) is 7.18. The van der Waals surface area contributed by atoms with Crippen LogP contribution in [0.1, 0.15) is 34.6 Å². The maximum Gasteiger partial charge on any atom is 0.303 e. The number of rotatable bonds is 7. The third-order valence-electron chi connectivity index (χ3n) is 4.46. The third-order valence-corrected chi connectivity index (χ3v) is 5.62. The molecule has 0 aromatic heterocycles. The quantitative estimate of drug-likeness (QED) is 0.491. The standard InChI is InChI=1S/C21H27NO8S/c1-11-19(28-14(4)25)18(10-27-13(3)24)30-21(20(11)29-15(5)26)31-17-8-6-16(7-9-17)22-12(2)23/h6-9,11,18-21H,10H2,1-5H3,(H,22,23)/t11?,18?,19-,20?,21-/m1/s1. The maximum atomic E-state index is 11.7. The summed E-state index contributed by atoms with van der Waals surface area (Å²) in [5.74, 6) is -2.10. The van der Waals surface area contributed by atoms with Crippen LogP contribution in [-0.2, 0) is 38.1 Å². The molecule has 3 unspecified atom stereocenters. The van der Waals surface area contributed by atoms with E-state index in [1.165, 1.54) is 39.5 Å². The number of carbonyl (C=O) groups excluding carboxylic acids is 4. The number of hydrogen-bond acceptors (Lipinski definition) is 9. The van der Waals surface area contributed by atoms with Gasteiger partial charge in [-0.1, -0.05) is 18.7 Å². The highest BCUT2D eigenvalue weighted by molar-refractivity contribution is 7.99. The number of benzene rings is 1. The van der Waals surface area contributed by atoms with Crippen LogP contribution in [0.15, 0.2) is 29.2 Å². The van der Waals surface area contributed by atoms with E-state index in [1.807, 2.05) is 0 Å². The summed E-state index contributed by atoms with van der Waals surface area (Å²) in [4.78, 5) is 46.6. The number of amides is 1. The molecule has 0 radical (unpaired) electrons. The average molecular weight is 454 g/mol. The molecular weight excluding hydrogens is 426 g/mol. The van der Waals surface area contributed by atoms with Crippen LogP contribution in [0.5, 0.6) is 0 Å². The van der Waals surface area contributed by atoms with Gasteiger partial charge in [0.2, 0.25) is 5.91 Å². The first-order chi connectivity index (χ1) is 14.6. The first-order valence-corrected chi connectivity index (χ1v) is 10.6. The molecule has 10 heteroatoms. The summed E-state index contributed by atoms with van der Waals surface area (Å²) in [5.41, 5.74) is 0.00635. The topological polar surface area (TPSA) is 117 Å². The van der Waals surface area contributed by atoms with Crippen molar-refractivity contribution in [2.24, 2.45) is 5.92 Å². The van der Waals surface area contributed by atoms with Gasteiger partial charge in [0.1, 0.15) is 30.4 Å². The van der Waals surface area contributed by atoms with Crippen LogP contribution in [0.25, 0.3) is 0 Å². The van der Waals surface area contributed by atoms with Crippen LogP contribution in [0.3, 0.4) is 0 Å². The van der Waals surface area contributed by atoms with Gasteiger partial charge in [0.15, 0.2) is 0 Å². The van der Waals surface area contributed by atoms with Gasteiger partial charge in [0, 0.05) is 44.2 Å². The molecule has 1 aliphatic heterocycles. The molecule has 1 amide bonds. The maximum absolute atomic E-state index is 11.7. The summed E-state index contributed by atoms with van der Waals surface area (Å²) in [6.45, 7) is 6.95. The number of esters is 3. The van der Waals surface area contributed by atoms with Crippen molar-refractivity contribution in [2.45, 2.75) is 63.3 Å². The highest BCUT2D eigenvalue weighted by Gasteiger charge is 2.48. The van der Waals surface area contributed by atoms with Gasteiger partial charge in [-0.15, -0.1) is 0 Å². The van der Waals surface area contributed by atoms with E-state index in [-0.39, 0.29) is 12.5 Å². The van der Waals surface area contributed by atoms with Crippen LogP contribution >= 0.6 is 11.8 Å². The summed E-state index contributed by atoms with van der Waals surface area (Å²) in [6, 6.07) is 7.09. The lowest BCUT2D eigenvalue weighted by Crippen LogP contribution is -2.56. The molecule has 1 aromatic carbocycles. The fourth-order valence-electron chi connectivity index (χ4n) is 3.21. The lowest BCUT2D eigenvalue weighted by molar-refractivity contribution is -0.212. The SMILES string of the molecule is CC(=O)Nc1ccc(S[C@H]2OC(COC(C)=O)[C@H](OC(C)=O)C(C)C2OC(C)=O)cc1. The summed E-state index contributed by atoms with van der Waals surface area (Å²) < 4.78 is 22.1. The Morgan fingerprint density at radius 2 is 1.52 bits per heavy atom. The number of carbonyl (C=O) groups is 4. The molecule has 1 N–H and O–H groups in total. The smallest absolute Gasteiger partial charge is 0.303 e. The van der Waals surface area contributed by atoms with Gasteiger partial charge < -0.3 is 24.3 Å². The molecule has 0 bridgehead atoms. The zero-order valence-electron chi connectivity index (χ0n) is 18.1. The summed E-state index contributed by atoms with van der Waals surface area (Å²) in [7, 11) is 0. The van der Waals surface area contributed by atoms with E-state index >= 15 is 0 Å². The van der Waals surface area contributed by atoms with E-state index in [2.05, 4.69) is 5.32 Å². The van der Waals surface area contributed by atoms with Gasteiger partial charge in [-0.2, -0.15) is 0 Å². The fraction of sp³-hybridized carbons (Fsp3) is 0.524. The van der Waals surface area contributed by atoms with Gasteiger partial charge in [-0.05, 0) is 24.3 Å². The molecular formula is C21H27NO8S. The van der Waals surface area contributed by atoms with E-state index in [9.17, 15) is 19.2 Å². The van der Waals surface area contributed by atoms with Crippen LogP contribution in [0.4, 0.5) is 5.69 Å². The number of nitrogens with one attached hydrogen (secondary N) is 1. The predicted octanol–water partition coefficient (Wildman–Crippen LogP) is 2.52. The Bertz CT molecular complexity index is 810. The Kier molecular flexibility index (Phi) is 8.88. The molecule has 9 nitrogen and oxygen atoms in total. The Morgan fingerprint density at radius 3 is 2.03 bits per heavy atom. The minimum absolute atomic E-state index is 0.108. The highest BCUT2D eigenvalue weighted by Crippen LogP contribution is 2.39. The molecule has 31 heavy (non-hydrogen) atoms. The van der Waals surface area contributed by atoms with Crippen LogP contribution < -0.4 is 5.32 Å². The largest absolute Gasteiger partial charge is 0.463 e. The zero-order chi connectivity index (χ0) is 23.1. The highest BCUT2D eigenvalue weighted by atomic mass is 32.2. The van der Waals surface area contributed by atoms with Crippen LogP contribution in [-0.4, -0.2) is 54.2 Å². The van der Waals surface area contributed by atoms with E-state index < -0.39 is 47.6 Å². The Hall–Kier alpha value is -2.59. The second-order valence-corrected chi connectivity index (χ2v) is 8.35. The zero-order valence-corrected chi connectivity index (χ0v) is 18.9. The van der Waals surface area contributed by atoms with Crippen LogP contribution in [0, 0.1) is 5.92 Å². The average Bonchev–Trinajstić information content (AvgIpc) is 2.66. The van der Waals surface area contributed by atoms with Crippen molar-refractivity contribution in [2.75, 3.05) is 11.9 Å². The van der Waals surface area contributed by atoms with E-state index in [4.69, 9.17) is 18.9 Å². The Balaban J connectivity index is 2.26. The van der Waals surface area contributed by atoms with Crippen molar-refractivity contribution in [3.05, 3.63) is 24.3 Å². The first kappa shape index (κ1) is 24.7. The molecule has 170 valence electrons. The van der Waals surface area contributed by atoms with Crippen molar-refractivity contribution in [1.29, 1.82) is 0 Å². The summed E-state index contributed by atoms with van der Waals surface area (Å²) in [5, 5.41) is 2.69. The fourth-order valence-corrected chi connectivity index (χ4v) is 4.41. The lowest BCUT2D eigenvalue weighted by atomic mass is 9.91. The number of hydrogen-bond donors (Lipinski definition) is 1. The molecule has 1 fully saturated rings. The molecule has 1 aromatic rings. The van der Waals surface area contributed by atoms with Crippen molar-refractivity contribution >= 4 is 41.3 Å². The molecule has 0 saturated carbocycles. The molecule has 1 aliphatic rings. The van der Waals surface area contributed by atoms with Crippen molar-refractivity contribution < 1.29 is 38.1 Å². The number of thioether (sulfide) groups is 1. The summed E-state index contributed by atoms with van der Waals surface area (Å²) in [6.07, 6.45) is -2.21. The number of ether oxygens (including phenoxy) is 4. The van der Waals surface area contributed by atoms with Gasteiger partial charge >= 0.3 is 17.9 Å². The molecule has 2 rings (SSSR count). The van der Waals surface area contributed by atoms with E-state index in [0.717, 1.165) is 4.90 Å². The molecule has 5 atom stereocenters. The van der Waals surface area contributed by atoms with E-state index in [0.29, 0.717) is 5.69 Å². The molecule has 1 heterocycles. The van der Waals surface area contributed by atoms with Crippen molar-refractivity contribution in [3.8, 4) is 0 Å². The molecule has 1 saturated heterocycles. The Labute approximate surface area is 185 Å². The minimum atomic E-state index is -0.764. The van der Waals surface area contributed by atoms with Crippen LogP contribution in [0.2, 0.25) is 0 Å². The van der Waals surface area contributed by atoms with Gasteiger partial charge in [0.05, 0.1) is 0 Å². The monoisotopic (exact) mass is 453 g/mol. The van der Waals surface area contributed by atoms with Crippen molar-refractivity contribution in [1.82, 2.24) is 0 Å². The summed E-state index contributed by atoms with van der Waals surface area (Å²) >= 11 is 1.31. The predicted molar refractivity (Wildman–Crippen MR) is 112 cm³/mol. The molecule has 0 aliphatic carbocycles. The molecule has 0 spiro atoms.